The minimum atomic E-state index is -0.560. The summed E-state index contributed by atoms with van der Waals surface area (Å²) in [7, 11) is 1.65. The molecule has 0 radical (unpaired) electrons. The Hall–Kier alpha value is -2.24. The van der Waals surface area contributed by atoms with E-state index in [-0.39, 0.29) is 29.6 Å². The fourth-order valence-electron chi connectivity index (χ4n) is 2.77. The molecule has 0 saturated carbocycles. The second kappa shape index (κ2) is 11.2. The van der Waals surface area contributed by atoms with Crippen LogP contribution in [0.4, 0.5) is 5.00 Å². The van der Waals surface area contributed by atoms with Crippen molar-refractivity contribution in [2.45, 2.75) is 45.8 Å². The molecule has 0 fully saturated rings. The predicted octanol–water partition coefficient (Wildman–Crippen LogP) is 3.10. The van der Waals surface area contributed by atoms with Gasteiger partial charge in [0.15, 0.2) is 10.9 Å². The van der Waals surface area contributed by atoms with Crippen LogP contribution < -0.4 is 5.32 Å². The number of nitrogens with zero attached hydrogens (tertiary/aromatic N) is 3. The fraction of sp³-hybridized carbons (Fsp3) is 0.526. The predicted molar refractivity (Wildman–Crippen MR) is 116 cm³/mol. The molecule has 0 bridgehead atoms. The molecule has 0 unspecified atom stereocenters. The first-order valence-electron chi connectivity index (χ1n) is 9.42. The molecule has 0 aliphatic heterocycles. The van der Waals surface area contributed by atoms with Crippen molar-refractivity contribution in [1.29, 1.82) is 0 Å². The molecule has 30 heavy (non-hydrogen) atoms. The molecule has 0 aliphatic carbocycles. The Bertz CT molecular complexity index is 922. The Kier molecular flexibility index (Phi) is 9.00. The zero-order valence-corrected chi connectivity index (χ0v) is 19.4. The van der Waals surface area contributed by atoms with Crippen LogP contribution >= 0.6 is 23.1 Å². The number of carbonyl (C=O) groups is 3. The molecule has 0 aromatic carbocycles. The van der Waals surface area contributed by atoms with Crippen LogP contribution in [0.25, 0.3) is 0 Å². The summed E-state index contributed by atoms with van der Waals surface area (Å²) in [4.78, 5) is 37.2. The van der Waals surface area contributed by atoms with Gasteiger partial charge in [-0.15, -0.1) is 21.5 Å². The van der Waals surface area contributed by atoms with E-state index < -0.39 is 5.97 Å². The molecule has 0 atom stereocenters. The van der Waals surface area contributed by atoms with Crippen LogP contribution in [0, 0.1) is 13.8 Å². The van der Waals surface area contributed by atoms with Gasteiger partial charge >= 0.3 is 5.97 Å². The summed E-state index contributed by atoms with van der Waals surface area (Å²) in [5.41, 5.74) is 0.742. The molecule has 1 amide bonds. The standard InChI is InChI=1S/C19H26N4O5S2/c1-6-28-18(26)15-11(2)16(12(3)24)30-17(15)20-14(25)10-29-19-22-21-13(4)23(19)8-7-9-27-5/h6-10H2,1-5H3,(H,20,25). The first-order valence-corrected chi connectivity index (χ1v) is 11.2. The number of Topliss-reactive ketones (excluding diaryl/α,β-unsaturated/α-hetero) is 1. The number of ketones is 1. The third-order valence-electron chi connectivity index (χ3n) is 4.16. The number of aromatic nitrogens is 3. The number of amides is 1. The number of aryl methyl sites for hydroxylation is 1. The second-order valence-corrected chi connectivity index (χ2v) is 8.36. The van der Waals surface area contributed by atoms with E-state index in [1.54, 1.807) is 21.0 Å². The summed E-state index contributed by atoms with van der Waals surface area (Å²) in [6.45, 7) is 8.16. The average Bonchev–Trinajstić information content (AvgIpc) is 3.20. The maximum Gasteiger partial charge on any atom is 0.341 e. The Labute approximate surface area is 183 Å². The molecule has 1 N–H and O–H groups in total. The minimum Gasteiger partial charge on any atom is -0.462 e. The van der Waals surface area contributed by atoms with Crippen molar-refractivity contribution >= 4 is 45.8 Å². The van der Waals surface area contributed by atoms with Gasteiger partial charge in [0, 0.05) is 20.3 Å². The molecule has 0 saturated heterocycles. The smallest absolute Gasteiger partial charge is 0.341 e. The third kappa shape index (κ3) is 5.89. The molecule has 2 aromatic heterocycles. The lowest BCUT2D eigenvalue weighted by atomic mass is 10.1. The quantitative estimate of drug-likeness (QED) is 0.239. The number of esters is 1. The summed E-state index contributed by atoms with van der Waals surface area (Å²) in [5.74, 6) is -0.200. The van der Waals surface area contributed by atoms with E-state index in [1.807, 2.05) is 11.5 Å². The lowest BCUT2D eigenvalue weighted by Gasteiger charge is -2.09. The number of rotatable bonds is 11. The Morgan fingerprint density at radius 2 is 1.97 bits per heavy atom. The summed E-state index contributed by atoms with van der Waals surface area (Å²) < 4.78 is 12.1. The van der Waals surface area contributed by atoms with Crippen molar-refractivity contribution in [2.75, 3.05) is 31.4 Å². The van der Waals surface area contributed by atoms with Crippen LogP contribution in [-0.2, 0) is 20.8 Å². The Morgan fingerprint density at radius 1 is 1.23 bits per heavy atom. The van der Waals surface area contributed by atoms with Gasteiger partial charge in [-0.1, -0.05) is 11.8 Å². The third-order valence-corrected chi connectivity index (χ3v) is 6.44. The van der Waals surface area contributed by atoms with Crippen molar-refractivity contribution in [2.24, 2.45) is 0 Å². The zero-order chi connectivity index (χ0) is 22.3. The van der Waals surface area contributed by atoms with Crippen LogP contribution in [0.1, 0.15) is 51.7 Å². The largest absolute Gasteiger partial charge is 0.462 e. The van der Waals surface area contributed by atoms with Gasteiger partial charge in [-0.3, -0.25) is 9.59 Å². The first kappa shape index (κ1) is 24.0. The molecule has 9 nitrogen and oxygen atoms in total. The van der Waals surface area contributed by atoms with Crippen LogP contribution in [0.15, 0.2) is 5.16 Å². The molecule has 2 heterocycles. The lowest BCUT2D eigenvalue weighted by molar-refractivity contribution is -0.113. The number of carbonyl (C=O) groups excluding carboxylic acids is 3. The topological polar surface area (TPSA) is 112 Å². The van der Waals surface area contributed by atoms with E-state index in [0.29, 0.717) is 33.7 Å². The maximum atomic E-state index is 12.5. The molecule has 11 heteroatoms. The number of ether oxygens (including phenoxy) is 2. The van der Waals surface area contributed by atoms with Crippen molar-refractivity contribution in [1.82, 2.24) is 14.8 Å². The van der Waals surface area contributed by atoms with E-state index in [0.717, 1.165) is 23.6 Å². The number of hydrogen-bond acceptors (Lipinski definition) is 9. The number of thioether (sulfide) groups is 1. The molecule has 164 valence electrons. The average molecular weight is 455 g/mol. The highest BCUT2D eigenvalue weighted by molar-refractivity contribution is 7.99. The van der Waals surface area contributed by atoms with E-state index >= 15 is 0 Å². The van der Waals surface area contributed by atoms with Gasteiger partial charge < -0.3 is 19.4 Å². The summed E-state index contributed by atoms with van der Waals surface area (Å²) in [5, 5.41) is 11.9. The number of thiophene rings is 1. The highest BCUT2D eigenvalue weighted by atomic mass is 32.2. The highest BCUT2D eigenvalue weighted by Gasteiger charge is 2.25. The van der Waals surface area contributed by atoms with Gasteiger partial charge in [0.05, 0.1) is 22.8 Å². The summed E-state index contributed by atoms with van der Waals surface area (Å²) in [6.07, 6.45) is 0.806. The van der Waals surface area contributed by atoms with Gasteiger partial charge in [-0.25, -0.2) is 4.79 Å². The lowest BCUT2D eigenvalue weighted by Crippen LogP contribution is -2.17. The SMILES string of the molecule is CCOC(=O)c1c(NC(=O)CSc2nnc(C)n2CCCOC)sc(C(C)=O)c1C. The molecule has 2 rings (SSSR count). The van der Waals surface area contributed by atoms with E-state index in [2.05, 4.69) is 15.5 Å². The fourth-order valence-corrected chi connectivity index (χ4v) is 4.69. The van der Waals surface area contributed by atoms with Crippen LogP contribution in [-0.4, -0.2) is 58.5 Å². The normalized spacial score (nSPS) is 10.8. The maximum absolute atomic E-state index is 12.5. The molecule has 2 aromatic rings. The number of anilines is 1. The van der Waals surface area contributed by atoms with Gasteiger partial charge in [-0.05, 0) is 39.7 Å². The van der Waals surface area contributed by atoms with Crippen molar-refractivity contribution in [3.63, 3.8) is 0 Å². The number of nitrogens with one attached hydrogen (secondary N) is 1. The van der Waals surface area contributed by atoms with Crippen molar-refractivity contribution < 1.29 is 23.9 Å². The van der Waals surface area contributed by atoms with Crippen LogP contribution in [0.2, 0.25) is 0 Å². The molecule has 0 aliphatic rings. The van der Waals surface area contributed by atoms with Crippen LogP contribution in [0.3, 0.4) is 0 Å². The van der Waals surface area contributed by atoms with Crippen molar-refractivity contribution in [3.8, 4) is 0 Å². The summed E-state index contributed by atoms with van der Waals surface area (Å²) in [6, 6.07) is 0. The molecular formula is C19H26N4O5S2. The van der Waals surface area contributed by atoms with Gasteiger partial charge in [-0.2, -0.15) is 0 Å². The first-order chi connectivity index (χ1) is 14.3. The Morgan fingerprint density at radius 3 is 2.60 bits per heavy atom. The molecule has 0 spiro atoms. The Balaban J connectivity index is 2.11. The van der Waals surface area contributed by atoms with E-state index in [4.69, 9.17) is 9.47 Å². The van der Waals surface area contributed by atoms with E-state index in [1.165, 1.54) is 18.7 Å². The van der Waals surface area contributed by atoms with Gasteiger partial charge in [0.25, 0.3) is 0 Å². The summed E-state index contributed by atoms with van der Waals surface area (Å²) >= 11 is 2.33. The second-order valence-electron chi connectivity index (χ2n) is 6.40. The number of hydrogen-bond donors (Lipinski definition) is 1. The number of methoxy groups -OCH3 is 1. The van der Waals surface area contributed by atoms with Gasteiger partial charge in [0.1, 0.15) is 10.8 Å². The highest BCUT2D eigenvalue weighted by Crippen LogP contribution is 2.34. The van der Waals surface area contributed by atoms with Crippen molar-refractivity contribution in [3.05, 3.63) is 21.8 Å². The minimum absolute atomic E-state index is 0.0804. The monoisotopic (exact) mass is 454 g/mol. The van der Waals surface area contributed by atoms with E-state index in [9.17, 15) is 14.4 Å². The van der Waals surface area contributed by atoms with Gasteiger partial charge in [0.2, 0.25) is 5.91 Å². The molecular weight excluding hydrogens is 428 g/mol. The zero-order valence-electron chi connectivity index (χ0n) is 17.7. The van der Waals surface area contributed by atoms with Crippen LogP contribution in [0.5, 0.6) is 0 Å².